The summed E-state index contributed by atoms with van der Waals surface area (Å²) in [7, 11) is 0. The van der Waals surface area contributed by atoms with Crippen molar-refractivity contribution in [2.45, 2.75) is 63.8 Å². The lowest BCUT2D eigenvalue weighted by atomic mass is 9.94. The van der Waals surface area contributed by atoms with E-state index >= 15 is 0 Å². The third-order valence-electron chi connectivity index (χ3n) is 6.73. The molecule has 3 aliphatic rings. The van der Waals surface area contributed by atoms with Crippen LogP contribution in [0.5, 0.6) is 5.75 Å². The van der Waals surface area contributed by atoms with Crippen LogP contribution in [0.25, 0.3) is 0 Å². The SMILES string of the molecule is O=C1C(Cc2ccc(OCCN3CCCC3)cc2Cl)CCN1C1CCCCC1. The van der Waals surface area contributed by atoms with Crippen LogP contribution in [0, 0.1) is 5.92 Å². The van der Waals surface area contributed by atoms with Crippen LogP contribution >= 0.6 is 11.6 Å². The van der Waals surface area contributed by atoms with E-state index in [1.165, 1.54) is 58.0 Å². The molecule has 2 heterocycles. The Morgan fingerprint density at radius 2 is 1.79 bits per heavy atom. The molecule has 0 N–H and O–H groups in total. The maximum Gasteiger partial charge on any atom is 0.226 e. The number of nitrogens with zero attached hydrogens (tertiary/aromatic N) is 2. The molecule has 28 heavy (non-hydrogen) atoms. The molecule has 0 aromatic heterocycles. The number of hydrogen-bond acceptors (Lipinski definition) is 3. The second-order valence-electron chi connectivity index (χ2n) is 8.66. The highest BCUT2D eigenvalue weighted by Gasteiger charge is 2.36. The Morgan fingerprint density at radius 3 is 2.54 bits per heavy atom. The van der Waals surface area contributed by atoms with Crippen molar-refractivity contribution in [2.24, 2.45) is 5.92 Å². The van der Waals surface area contributed by atoms with Crippen molar-refractivity contribution in [2.75, 3.05) is 32.8 Å². The average molecular weight is 405 g/mol. The van der Waals surface area contributed by atoms with E-state index < -0.39 is 0 Å². The van der Waals surface area contributed by atoms with Gasteiger partial charge >= 0.3 is 0 Å². The maximum absolute atomic E-state index is 12.9. The molecule has 1 aliphatic carbocycles. The van der Waals surface area contributed by atoms with Crippen molar-refractivity contribution in [1.82, 2.24) is 9.80 Å². The van der Waals surface area contributed by atoms with Crippen LogP contribution in [0.3, 0.4) is 0 Å². The molecule has 3 fully saturated rings. The summed E-state index contributed by atoms with van der Waals surface area (Å²) >= 11 is 6.53. The van der Waals surface area contributed by atoms with E-state index in [1.54, 1.807) is 0 Å². The Bertz CT molecular complexity index is 669. The van der Waals surface area contributed by atoms with Gasteiger partial charge in [-0.2, -0.15) is 0 Å². The number of amides is 1. The Balaban J connectivity index is 1.29. The van der Waals surface area contributed by atoms with Gasteiger partial charge in [0.15, 0.2) is 0 Å². The summed E-state index contributed by atoms with van der Waals surface area (Å²) in [5, 5.41) is 0.725. The van der Waals surface area contributed by atoms with Gasteiger partial charge in [0.2, 0.25) is 5.91 Å². The topological polar surface area (TPSA) is 32.8 Å². The summed E-state index contributed by atoms with van der Waals surface area (Å²) in [5.41, 5.74) is 1.07. The predicted molar refractivity (Wildman–Crippen MR) is 113 cm³/mol. The molecule has 2 saturated heterocycles. The Kier molecular flexibility index (Phi) is 6.79. The summed E-state index contributed by atoms with van der Waals surface area (Å²) < 4.78 is 5.89. The molecule has 2 aliphatic heterocycles. The van der Waals surface area contributed by atoms with Gasteiger partial charge in [-0.25, -0.2) is 0 Å². The lowest BCUT2D eigenvalue weighted by Crippen LogP contribution is -2.39. The van der Waals surface area contributed by atoms with Crippen molar-refractivity contribution < 1.29 is 9.53 Å². The van der Waals surface area contributed by atoms with Crippen LogP contribution < -0.4 is 4.74 Å². The number of carbonyl (C=O) groups is 1. The fraction of sp³-hybridized carbons (Fsp3) is 0.696. The van der Waals surface area contributed by atoms with Crippen LogP contribution in [-0.4, -0.2) is 54.5 Å². The average Bonchev–Trinajstić information content (AvgIpc) is 3.35. The number of hydrogen-bond donors (Lipinski definition) is 0. The van der Waals surface area contributed by atoms with Gasteiger partial charge in [-0.05, 0) is 69.3 Å². The number of rotatable bonds is 7. The minimum atomic E-state index is 0.0846. The van der Waals surface area contributed by atoms with Crippen LogP contribution in [0.1, 0.15) is 56.9 Å². The number of carbonyl (C=O) groups excluding carboxylic acids is 1. The first-order valence-corrected chi connectivity index (χ1v) is 11.5. The molecule has 1 aromatic rings. The number of likely N-dealkylation sites (tertiary alicyclic amines) is 2. The molecule has 0 bridgehead atoms. The van der Waals surface area contributed by atoms with Crippen molar-refractivity contribution in [1.29, 1.82) is 0 Å². The van der Waals surface area contributed by atoms with Crippen LogP contribution in [0.4, 0.5) is 0 Å². The van der Waals surface area contributed by atoms with Gasteiger partial charge in [-0.1, -0.05) is 36.9 Å². The van der Waals surface area contributed by atoms with E-state index in [0.29, 0.717) is 18.6 Å². The number of halogens is 1. The van der Waals surface area contributed by atoms with Crippen LogP contribution in [-0.2, 0) is 11.2 Å². The second-order valence-corrected chi connectivity index (χ2v) is 9.07. The van der Waals surface area contributed by atoms with E-state index in [2.05, 4.69) is 9.80 Å². The van der Waals surface area contributed by atoms with Crippen LogP contribution in [0.2, 0.25) is 5.02 Å². The number of ether oxygens (including phenoxy) is 1. The molecule has 0 spiro atoms. The molecule has 154 valence electrons. The standard InChI is InChI=1S/C23H33ClN2O2/c24-22-17-21(28-15-14-25-11-4-5-12-25)9-8-18(22)16-19-10-13-26(23(19)27)20-6-2-1-3-7-20/h8-9,17,19-20H,1-7,10-16H2. The summed E-state index contributed by atoms with van der Waals surface area (Å²) in [4.78, 5) is 17.5. The van der Waals surface area contributed by atoms with E-state index in [9.17, 15) is 4.79 Å². The van der Waals surface area contributed by atoms with Crippen molar-refractivity contribution in [3.63, 3.8) is 0 Å². The van der Waals surface area contributed by atoms with Gasteiger partial charge in [0.25, 0.3) is 0 Å². The Morgan fingerprint density at radius 1 is 1.00 bits per heavy atom. The zero-order valence-corrected chi connectivity index (χ0v) is 17.6. The minimum absolute atomic E-state index is 0.0846. The van der Waals surface area contributed by atoms with Crippen LogP contribution in [0.15, 0.2) is 18.2 Å². The van der Waals surface area contributed by atoms with E-state index in [-0.39, 0.29) is 5.92 Å². The molecule has 4 nitrogen and oxygen atoms in total. The molecule has 1 amide bonds. The Hall–Kier alpha value is -1.26. The lowest BCUT2D eigenvalue weighted by Gasteiger charge is -2.31. The molecular formula is C23H33ClN2O2. The monoisotopic (exact) mass is 404 g/mol. The zero-order valence-electron chi connectivity index (χ0n) is 16.9. The first kappa shape index (κ1) is 20.0. The van der Waals surface area contributed by atoms with Crippen molar-refractivity contribution >= 4 is 17.5 Å². The highest BCUT2D eigenvalue weighted by Crippen LogP contribution is 2.32. The summed E-state index contributed by atoms with van der Waals surface area (Å²) in [5.74, 6) is 1.25. The van der Waals surface area contributed by atoms with Gasteiger partial charge in [0.05, 0.1) is 0 Å². The summed E-state index contributed by atoms with van der Waals surface area (Å²) in [6.45, 7) is 4.98. The van der Waals surface area contributed by atoms with Gasteiger partial charge in [0.1, 0.15) is 12.4 Å². The molecule has 1 atom stereocenters. The molecule has 0 radical (unpaired) electrons. The molecule has 5 heteroatoms. The van der Waals surface area contributed by atoms with E-state index in [0.717, 1.165) is 42.3 Å². The van der Waals surface area contributed by atoms with E-state index in [1.807, 2.05) is 18.2 Å². The second kappa shape index (κ2) is 9.49. The van der Waals surface area contributed by atoms with E-state index in [4.69, 9.17) is 16.3 Å². The Labute approximate surface area is 174 Å². The molecule has 1 aromatic carbocycles. The third kappa shape index (κ3) is 4.83. The summed E-state index contributed by atoms with van der Waals surface area (Å²) in [6, 6.07) is 6.44. The fourth-order valence-electron chi connectivity index (χ4n) is 5.06. The molecule has 1 unspecified atom stereocenters. The largest absolute Gasteiger partial charge is 0.492 e. The quantitative estimate of drug-likeness (QED) is 0.668. The molecule has 4 rings (SSSR count). The highest BCUT2D eigenvalue weighted by molar-refractivity contribution is 6.31. The first-order valence-electron chi connectivity index (χ1n) is 11.1. The third-order valence-corrected chi connectivity index (χ3v) is 7.08. The van der Waals surface area contributed by atoms with Crippen molar-refractivity contribution in [3.05, 3.63) is 28.8 Å². The summed E-state index contributed by atoms with van der Waals surface area (Å²) in [6.07, 6.45) is 10.5. The maximum atomic E-state index is 12.9. The minimum Gasteiger partial charge on any atom is -0.492 e. The van der Waals surface area contributed by atoms with Gasteiger partial charge in [0, 0.05) is 30.1 Å². The van der Waals surface area contributed by atoms with Gasteiger partial charge < -0.3 is 9.64 Å². The zero-order chi connectivity index (χ0) is 19.3. The van der Waals surface area contributed by atoms with Gasteiger partial charge in [-0.15, -0.1) is 0 Å². The van der Waals surface area contributed by atoms with Gasteiger partial charge in [-0.3, -0.25) is 9.69 Å². The normalized spacial score (nSPS) is 24.2. The highest BCUT2D eigenvalue weighted by atomic mass is 35.5. The lowest BCUT2D eigenvalue weighted by molar-refractivity contribution is -0.133. The number of benzene rings is 1. The van der Waals surface area contributed by atoms with Crippen molar-refractivity contribution in [3.8, 4) is 5.75 Å². The molecule has 1 saturated carbocycles. The molecular weight excluding hydrogens is 372 g/mol. The fourth-order valence-corrected chi connectivity index (χ4v) is 5.30. The predicted octanol–water partition coefficient (Wildman–Crippen LogP) is 4.54. The smallest absolute Gasteiger partial charge is 0.226 e. The first-order chi connectivity index (χ1) is 13.7.